The second-order valence-corrected chi connectivity index (χ2v) is 3.93. The maximum atomic E-state index is 13.0. The second kappa shape index (κ2) is 2.17. The smallest absolute Gasteiger partial charge is 0.122 e. The molecule has 1 heterocycles. The lowest BCUT2D eigenvalue weighted by atomic mass is 10.1. The average Bonchev–Trinajstić information content (AvgIpc) is 2.55. The largest absolute Gasteiger partial charge is 0.303 e. The minimum atomic E-state index is -0.574. The fraction of sp³-hybridized carbons (Fsp3) is 1.00. The Morgan fingerprint density at radius 3 is 2.45 bits per heavy atom. The lowest BCUT2D eigenvalue weighted by Gasteiger charge is -2.38. The molecule has 0 radical (unpaired) electrons. The van der Waals surface area contributed by atoms with Crippen LogP contribution >= 0.6 is 0 Å². The summed E-state index contributed by atoms with van der Waals surface area (Å²) in [5.41, 5.74) is -0.0903. The molecule has 2 atom stereocenters. The van der Waals surface area contributed by atoms with Crippen molar-refractivity contribution in [2.24, 2.45) is 0 Å². The third-order valence-corrected chi connectivity index (χ3v) is 3.08. The van der Waals surface area contributed by atoms with Crippen LogP contribution in [-0.4, -0.2) is 55.2 Å². The second-order valence-electron chi connectivity index (χ2n) is 3.93. The quantitative estimate of drug-likeness (QED) is 0.502. The van der Waals surface area contributed by atoms with Gasteiger partial charge in [-0.2, -0.15) is 0 Å². The molecule has 1 saturated heterocycles. The molecule has 0 N–H and O–H groups in total. The van der Waals surface area contributed by atoms with Crippen LogP contribution in [0.1, 0.15) is 6.42 Å². The van der Waals surface area contributed by atoms with Gasteiger partial charge >= 0.3 is 0 Å². The molecule has 3 heteroatoms. The van der Waals surface area contributed by atoms with E-state index in [1.54, 1.807) is 0 Å². The van der Waals surface area contributed by atoms with Gasteiger partial charge in [-0.05, 0) is 14.1 Å². The number of rotatable bonds is 0. The van der Waals surface area contributed by atoms with Crippen LogP contribution in [0.3, 0.4) is 0 Å². The van der Waals surface area contributed by atoms with Crippen molar-refractivity contribution in [3.63, 3.8) is 0 Å². The fourth-order valence-electron chi connectivity index (χ4n) is 2.02. The van der Waals surface area contributed by atoms with Crippen molar-refractivity contribution >= 4 is 0 Å². The number of likely N-dealkylation sites (N-methyl/N-ethyl adjacent to an activating group) is 2. The van der Waals surface area contributed by atoms with Crippen LogP contribution in [0.15, 0.2) is 0 Å². The third kappa shape index (κ3) is 0.983. The molecule has 1 spiro atoms. The van der Waals surface area contributed by atoms with E-state index in [-0.39, 0.29) is 5.54 Å². The molecule has 0 bridgehead atoms. The SMILES string of the molecule is CN1CCN(C)C2(CC2F)C1. The summed E-state index contributed by atoms with van der Waals surface area (Å²) < 4.78 is 13.0. The highest BCUT2D eigenvalue weighted by Gasteiger charge is 2.59. The lowest BCUT2D eigenvalue weighted by molar-refractivity contribution is 0.0805. The zero-order valence-electron chi connectivity index (χ0n) is 7.18. The van der Waals surface area contributed by atoms with Gasteiger partial charge in [-0.25, -0.2) is 4.39 Å². The summed E-state index contributed by atoms with van der Waals surface area (Å²) in [4.78, 5) is 4.40. The highest BCUT2D eigenvalue weighted by molar-refractivity contribution is 5.15. The summed E-state index contributed by atoms with van der Waals surface area (Å²) in [5.74, 6) is 0. The van der Waals surface area contributed by atoms with Crippen LogP contribution in [0.4, 0.5) is 4.39 Å². The summed E-state index contributed by atoms with van der Waals surface area (Å²) in [6, 6.07) is 0. The highest BCUT2D eigenvalue weighted by atomic mass is 19.1. The van der Waals surface area contributed by atoms with Crippen LogP contribution in [0.2, 0.25) is 0 Å². The number of nitrogens with zero attached hydrogens (tertiary/aromatic N) is 2. The maximum Gasteiger partial charge on any atom is 0.122 e. The molecular formula is C8H15FN2. The van der Waals surface area contributed by atoms with E-state index in [0.29, 0.717) is 0 Å². The topological polar surface area (TPSA) is 6.48 Å². The molecule has 0 aromatic carbocycles. The van der Waals surface area contributed by atoms with Gasteiger partial charge in [-0.15, -0.1) is 0 Å². The molecule has 1 aliphatic carbocycles. The van der Waals surface area contributed by atoms with Gasteiger partial charge < -0.3 is 4.90 Å². The first kappa shape index (κ1) is 7.50. The average molecular weight is 158 g/mol. The van der Waals surface area contributed by atoms with Crippen molar-refractivity contribution in [2.75, 3.05) is 33.7 Å². The molecule has 1 aliphatic heterocycles. The Morgan fingerprint density at radius 1 is 1.36 bits per heavy atom. The van der Waals surface area contributed by atoms with E-state index < -0.39 is 6.17 Å². The van der Waals surface area contributed by atoms with Crippen LogP contribution in [0, 0.1) is 0 Å². The van der Waals surface area contributed by atoms with Crippen LogP contribution in [0.5, 0.6) is 0 Å². The van der Waals surface area contributed by atoms with E-state index >= 15 is 0 Å². The van der Waals surface area contributed by atoms with Crippen molar-refractivity contribution in [3.05, 3.63) is 0 Å². The van der Waals surface area contributed by atoms with Crippen molar-refractivity contribution in [1.29, 1.82) is 0 Å². The van der Waals surface area contributed by atoms with Gasteiger partial charge in [0.25, 0.3) is 0 Å². The molecule has 2 unspecified atom stereocenters. The number of hydrogen-bond acceptors (Lipinski definition) is 2. The summed E-state index contributed by atoms with van der Waals surface area (Å²) in [6.07, 6.45) is 0.170. The van der Waals surface area contributed by atoms with E-state index in [9.17, 15) is 4.39 Å². The molecule has 2 nitrogen and oxygen atoms in total. The Bertz CT molecular complexity index is 173. The standard InChI is InChI=1S/C8H15FN2/c1-10-3-4-11(2)8(6-10)5-7(8)9/h7H,3-6H2,1-2H3. The first-order chi connectivity index (χ1) is 5.15. The summed E-state index contributed by atoms with van der Waals surface area (Å²) in [6.45, 7) is 2.99. The van der Waals surface area contributed by atoms with Crippen molar-refractivity contribution in [1.82, 2.24) is 9.80 Å². The highest BCUT2D eigenvalue weighted by Crippen LogP contribution is 2.45. The predicted octanol–water partition coefficient (Wildman–Crippen LogP) is 0.344. The number of piperazine rings is 1. The number of hydrogen-bond donors (Lipinski definition) is 0. The van der Waals surface area contributed by atoms with Crippen molar-refractivity contribution < 1.29 is 4.39 Å². The Hall–Kier alpha value is -0.150. The van der Waals surface area contributed by atoms with Gasteiger partial charge in [-0.3, -0.25) is 4.90 Å². The monoisotopic (exact) mass is 158 g/mol. The van der Waals surface area contributed by atoms with Crippen LogP contribution in [0.25, 0.3) is 0 Å². The molecule has 64 valence electrons. The lowest BCUT2D eigenvalue weighted by Crippen LogP contribution is -2.53. The fourth-order valence-corrected chi connectivity index (χ4v) is 2.02. The zero-order chi connectivity index (χ0) is 8.06. The van der Waals surface area contributed by atoms with E-state index in [2.05, 4.69) is 16.8 Å². The molecule has 11 heavy (non-hydrogen) atoms. The minimum Gasteiger partial charge on any atom is -0.303 e. The van der Waals surface area contributed by atoms with Crippen molar-refractivity contribution in [3.8, 4) is 0 Å². The molecule has 0 aromatic heterocycles. The molecule has 2 fully saturated rings. The maximum absolute atomic E-state index is 13.0. The van der Waals surface area contributed by atoms with Gasteiger partial charge in [0, 0.05) is 26.1 Å². The predicted molar refractivity (Wildman–Crippen MR) is 42.4 cm³/mol. The first-order valence-corrected chi connectivity index (χ1v) is 4.19. The van der Waals surface area contributed by atoms with Gasteiger partial charge in [-0.1, -0.05) is 0 Å². The molecule has 2 aliphatic rings. The van der Waals surface area contributed by atoms with Gasteiger partial charge in [0.05, 0.1) is 5.54 Å². The van der Waals surface area contributed by atoms with Crippen molar-refractivity contribution in [2.45, 2.75) is 18.1 Å². The Labute approximate surface area is 67.0 Å². The minimum absolute atomic E-state index is 0.0903. The Kier molecular flexibility index (Phi) is 1.48. The van der Waals surface area contributed by atoms with E-state index in [1.807, 2.05) is 7.05 Å². The van der Waals surface area contributed by atoms with Crippen LogP contribution in [-0.2, 0) is 0 Å². The summed E-state index contributed by atoms with van der Waals surface area (Å²) in [7, 11) is 4.10. The molecule has 0 amide bonds. The summed E-state index contributed by atoms with van der Waals surface area (Å²) >= 11 is 0. The molecular weight excluding hydrogens is 143 g/mol. The zero-order valence-corrected chi connectivity index (χ0v) is 7.18. The van der Waals surface area contributed by atoms with Gasteiger partial charge in [0.1, 0.15) is 6.17 Å². The van der Waals surface area contributed by atoms with E-state index in [4.69, 9.17) is 0 Å². The van der Waals surface area contributed by atoms with E-state index in [0.717, 1.165) is 26.1 Å². The molecule has 0 aromatic rings. The molecule has 1 saturated carbocycles. The first-order valence-electron chi connectivity index (χ1n) is 4.19. The summed E-state index contributed by atoms with van der Waals surface area (Å²) in [5, 5.41) is 0. The van der Waals surface area contributed by atoms with Gasteiger partial charge in [0.15, 0.2) is 0 Å². The third-order valence-electron chi connectivity index (χ3n) is 3.08. The Balaban J connectivity index is 2.07. The van der Waals surface area contributed by atoms with E-state index in [1.165, 1.54) is 0 Å². The number of alkyl halides is 1. The molecule has 2 rings (SSSR count). The van der Waals surface area contributed by atoms with Crippen LogP contribution < -0.4 is 0 Å². The van der Waals surface area contributed by atoms with Gasteiger partial charge in [0.2, 0.25) is 0 Å². The normalized spacial score (nSPS) is 46.6. The Morgan fingerprint density at radius 2 is 2.00 bits per heavy atom. The number of halogens is 1.